The molecule has 27 heavy (non-hydrogen) atoms. The van der Waals surface area contributed by atoms with Gasteiger partial charge in [-0.25, -0.2) is 0 Å². The van der Waals surface area contributed by atoms with Crippen LogP contribution in [0.4, 0.5) is 10.7 Å². The highest BCUT2D eigenvalue weighted by atomic mass is 32.1. The minimum absolute atomic E-state index is 0.116. The summed E-state index contributed by atoms with van der Waals surface area (Å²) in [6, 6.07) is 6.57. The summed E-state index contributed by atoms with van der Waals surface area (Å²) in [6.45, 7) is 3.70. The summed E-state index contributed by atoms with van der Waals surface area (Å²) in [4.78, 5) is 23.3. The number of fused-ring (bicyclic) bond motifs is 1. The van der Waals surface area contributed by atoms with Gasteiger partial charge in [0, 0.05) is 17.2 Å². The first-order valence-electron chi connectivity index (χ1n) is 8.47. The quantitative estimate of drug-likeness (QED) is 0.448. The van der Waals surface area contributed by atoms with Crippen molar-refractivity contribution in [2.45, 2.75) is 33.1 Å². The molecule has 1 heterocycles. The van der Waals surface area contributed by atoms with Crippen LogP contribution in [0.2, 0.25) is 0 Å². The van der Waals surface area contributed by atoms with Gasteiger partial charge in [-0.05, 0) is 49.3 Å². The zero-order valence-electron chi connectivity index (χ0n) is 14.9. The van der Waals surface area contributed by atoms with Crippen LogP contribution in [-0.2, 0) is 12.8 Å². The smallest absolute Gasteiger partial charge is 0.273 e. The monoisotopic (exact) mass is 399 g/mol. The first kappa shape index (κ1) is 19.1. The highest BCUT2D eigenvalue weighted by Crippen LogP contribution is 2.36. The second-order valence-corrected chi connectivity index (χ2v) is 8.36. The van der Waals surface area contributed by atoms with Crippen LogP contribution in [0.3, 0.4) is 0 Å². The summed E-state index contributed by atoms with van der Waals surface area (Å²) in [5.41, 5.74) is 2.79. The summed E-state index contributed by atoms with van der Waals surface area (Å²) in [6.07, 6.45) is 2.58. The van der Waals surface area contributed by atoms with E-state index in [0.29, 0.717) is 20.3 Å². The zero-order chi connectivity index (χ0) is 19.7. The Labute approximate surface area is 165 Å². The molecule has 2 aromatic rings. The van der Waals surface area contributed by atoms with Crippen LogP contribution in [0.25, 0.3) is 0 Å². The molecule has 1 amide bonds. The lowest BCUT2D eigenvalue weighted by molar-refractivity contribution is -0.385. The summed E-state index contributed by atoms with van der Waals surface area (Å²) >= 11 is 6.72. The lowest BCUT2D eigenvalue weighted by Crippen LogP contribution is -2.17. The molecule has 0 spiro atoms. The predicted molar refractivity (Wildman–Crippen MR) is 107 cm³/mol. The van der Waals surface area contributed by atoms with Crippen molar-refractivity contribution >= 4 is 40.2 Å². The average molecular weight is 399 g/mol. The molecular weight excluding hydrogens is 382 g/mol. The molecule has 0 fully saturated rings. The maximum atomic E-state index is 12.7. The first-order valence-corrected chi connectivity index (χ1v) is 9.70. The fourth-order valence-electron chi connectivity index (χ4n) is 3.38. The molecule has 1 unspecified atom stereocenters. The second kappa shape index (κ2) is 7.55. The van der Waals surface area contributed by atoms with Crippen molar-refractivity contribution in [3.05, 3.63) is 60.0 Å². The van der Waals surface area contributed by atoms with Gasteiger partial charge in [0.15, 0.2) is 0 Å². The van der Waals surface area contributed by atoms with E-state index in [9.17, 15) is 20.2 Å². The van der Waals surface area contributed by atoms with Crippen LogP contribution in [-0.4, -0.2) is 10.8 Å². The van der Waals surface area contributed by atoms with E-state index in [4.69, 9.17) is 12.2 Å². The molecule has 138 valence electrons. The van der Waals surface area contributed by atoms with Crippen molar-refractivity contribution in [2.75, 3.05) is 5.32 Å². The molecule has 1 aromatic heterocycles. The van der Waals surface area contributed by atoms with E-state index in [-0.39, 0.29) is 16.8 Å². The van der Waals surface area contributed by atoms with Gasteiger partial charge < -0.3 is 5.32 Å². The number of nitro groups is 1. The predicted octanol–water partition coefficient (Wildman–Crippen LogP) is 4.94. The SMILES string of the molecule is Cc1c(C(=O)Nc2sc(=S)c3c(c2C#N)CCC(C)C3)cccc1[N+](=O)[O-]. The van der Waals surface area contributed by atoms with Crippen molar-refractivity contribution in [2.24, 2.45) is 5.92 Å². The van der Waals surface area contributed by atoms with Crippen molar-refractivity contribution < 1.29 is 9.72 Å². The molecular formula is C19H17N3O3S2. The van der Waals surface area contributed by atoms with E-state index < -0.39 is 10.8 Å². The van der Waals surface area contributed by atoms with Crippen LogP contribution in [0.15, 0.2) is 18.2 Å². The van der Waals surface area contributed by atoms with E-state index in [1.807, 2.05) is 0 Å². The van der Waals surface area contributed by atoms with Crippen molar-refractivity contribution in [3.8, 4) is 6.07 Å². The standard InChI is InChI=1S/C19H17N3O3S2/c1-10-6-7-13-14(8-10)19(26)27-18(15(13)9-20)21-17(23)12-4-3-5-16(11(12)2)22(24)25/h3-5,10H,6-8H2,1-2H3,(H,21,23). The maximum Gasteiger partial charge on any atom is 0.273 e. The maximum absolute atomic E-state index is 12.7. The van der Waals surface area contributed by atoms with Gasteiger partial charge in [-0.2, -0.15) is 5.26 Å². The van der Waals surface area contributed by atoms with Crippen LogP contribution >= 0.6 is 23.6 Å². The molecule has 0 aliphatic heterocycles. The largest absolute Gasteiger partial charge is 0.312 e. The molecule has 1 N–H and O–H groups in total. The minimum Gasteiger partial charge on any atom is -0.312 e. The molecule has 1 aliphatic carbocycles. The molecule has 0 radical (unpaired) electrons. The van der Waals surface area contributed by atoms with Gasteiger partial charge >= 0.3 is 0 Å². The third-order valence-corrected chi connectivity index (χ3v) is 6.30. The zero-order valence-corrected chi connectivity index (χ0v) is 16.5. The highest BCUT2D eigenvalue weighted by molar-refractivity contribution is 7.73. The van der Waals surface area contributed by atoms with Gasteiger partial charge in [-0.1, -0.05) is 25.2 Å². The van der Waals surface area contributed by atoms with Crippen LogP contribution in [0.1, 0.15) is 46.0 Å². The number of rotatable bonds is 3. The number of nitrogens with one attached hydrogen (secondary N) is 1. The van der Waals surface area contributed by atoms with Gasteiger partial charge in [-0.15, -0.1) is 11.3 Å². The molecule has 1 aromatic carbocycles. The topological polar surface area (TPSA) is 96.0 Å². The van der Waals surface area contributed by atoms with Crippen molar-refractivity contribution in [1.82, 2.24) is 0 Å². The van der Waals surface area contributed by atoms with E-state index in [2.05, 4.69) is 18.3 Å². The number of nitrogens with zero attached hydrogens (tertiary/aromatic N) is 2. The molecule has 1 atom stereocenters. The Kier molecular flexibility index (Phi) is 5.35. The number of amides is 1. The molecule has 1 aliphatic rings. The van der Waals surface area contributed by atoms with Crippen LogP contribution in [0, 0.1) is 38.1 Å². The van der Waals surface area contributed by atoms with Gasteiger partial charge in [0.2, 0.25) is 0 Å². The lowest BCUT2D eigenvalue weighted by atomic mass is 9.85. The normalized spacial score (nSPS) is 15.5. The minimum atomic E-state index is -0.517. The van der Waals surface area contributed by atoms with E-state index in [0.717, 1.165) is 30.4 Å². The van der Waals surface area contributed by atoms with Gasteiger partial charge in [-0.3, -0.25) is 14.9 Å². The fraction of sp³-hybridized carbons (Fsp3) is 0.316. The number of benzene rings is 1. The lowest BCUT2D eigenvalue weighted by Gasteiger charge is -2.23. The van der Waals surface area contributed by atoms with E-state index in [1.54, 1.807) is 0 Å². The molecule has 0 bridgehead atoms. The number of carbonyl (C=O) groups is 1. The first-order chi connectivity index (χ1) is 12.8. The third kappa shape index (κ3) is 3.61. The van der Waals surface area contributed by atoms with E-state index >= 15 is 0 Å². The number of anilines is 1. The Morgan fingerprint density at radius 3 is 2.85 bits per heavy atom. The summed E-state index contributed by atoms with van der Waals surface area (Å²) < 4.78 is 0.682. The molecule has 0 saturated heterocycles. The van der Waals surface area contributed by atoms with Crippen molar-refractivity contribution in [3.63, 3.8) is 0 Å². The number of hydrogen-bond acceptors (Lipinski definition) is 6. The van der Waals surface area contributed by atoms with Gasteiger partial charge in [0.05, 0.1) is 14.3 Å². The summed E-state index contributed by atoms with van der Waals surface area (Å²) in [5.74, 6) is 0.0355. The molecule has 0 saturated carbocycles. The number of hydrogen-bond donors (Lipinski definition) is 1. The van der Waals surface area contributed by atoms with Gasteiger partial charge in [0.1, 0.15) is 11.1 Å². The number of nitriles is 1. The Balaban J connectivity index is 2.02. The Hall–Kier alpha value is -2.63. The Bertz CT molecular complexity index is 1050. The summed E-state index contributed by atoms with van der Waals surface area (Å²) in [7, 11) is 0. The van der Waals surface area contributed by atoms with E-state index in [1.165, 1.54) is 36.5 Å². The Morgan fingerprint density at radius 2 is 2.19 bits per heavy atom. The number of nitro benzene ring substituents is 1. The average Bonchev–Trinajstić information content (AvgIpc) is 2.62. The fourth-order valence-corrected chi connectivity index (χ4v) is 4.77. The number of carbonyl (C=O) groups excluding carboxylic acids is 1. The molecule has 6 nitrogen and oxygen atoms in total. The van der Waals surface area contributed by atoms with Crippen LogP contribution < -0.4 is 5.32 Å². The van der Waals surface area contributed by atoms with Crippen LogP contribution in [0.5, 0.6) is 0 Å². The van der Waals surface area contributed by atoms with Gasteiger partial charge in [0.25, 0.3) is 11.6 Å². The molecule has 3 rings (SSSR count). The van der Waals surface area contributed by atoms with Crippen molar-refractivity contribution in [1.29, 1.82) is 5.26 Å². The molecule has 8 heteroatoms. The highest BCUT2D eigenvalue weighted by Gasteiger charge is 2.24. The third-order valence-electron chi connectivity index (χ3n) is 4.86. The summed E-state index contributed by atoms with van der Waals surface area (Å²) in [5, 5.41) is 23.9. The second-order valence-electron chi connectivity index (χ2n) is 6.67. The Morgan fingerprint density at radius 1 is 1.44 bits per heavy atom.